The molecular formula is C19H23N3O4. The molecule has 1 aromatic heterocycles. The number of hydrogen-bond donors (Lipinski definition) is 2. The Morgan fingerprint density at radius 3 is 2.50 bits per heavy atom. The molecule has 7 nitrogen and oxygen atoms in total. The van der Waals surface area contributed by atoms with E-state index in [0.717, 1.165) is 5.56 Å². The average Bonchev–Trinajstić information content (AvgIpc) is 3.18. The SMILES string of the molecule is O=C(NCc1cccnc1)C1CCN(C(=O)C2(C(=O)O)CC=CC2)CC1. The second-order valence-corrected chi connectivity index (χ2v) is 6.91. The van der Waals surface area contributed by atoms with Gasteiger partial charge in [0.15, 0.2) is 5.41 Å². The van der Waals surface area contributed by atoms with Crippen LogP contribution in [-0.2, 0) is 20.9 Å². The number of nitrogens with one attached hydrogen (secondary N) is 1. The molecule has 1 aliphatic heterocycles. The van der Waals surface area contributed by atoms with Crippen LogP contribution in [0, 0.1) is 11.3 Å². The van der Waals surface area contributed by atoms with Crippen molar-refractivity contribution in [3.8, 4) is 0 Å². The molecule has 2 heterocycles. The van der Waals surface area contributed by atoms with Crippen molar-refractivity contribution in [3.63, 3.8) is 0 Å². The van der Waals surface area contributed by atoms with Gasteiger partial charge in [-0.15, -0.1) is 0 Å². The zero-order valence-corrected chi connectivity index (χ0v) is 14.6. The van der Waals surface area contributed by atoms with Gasteiger partial charge in [0.2, 0.25) is 11.8 Å². The van der Waals surface area contributed by atoms with E-state index in [1.54, 1.807) is 29.4 Å². The monoisotopic (exact) mass is 357 g/mol. The van der Waals surface area contributed by atoms with Crippen molar-refractivity contribution < 1.29 is 19.5 Å². The van der Waals surface area contributed by atoms with E-state index >= 15 is 0 Å². The largest absolute Gasteiger partial charge is 0.480 e. The number of likely N-dealkylation sites (tertiary alicyclic amines) is 1. The van der Waals surface area contributed by atoms with Crippen molar-refractivity contribution in [1.29, 1.82) is 0 Å². The van der Waals surface area contributed by atoms with Crippen LogP contribution in [0.2, 0.25) is 0 Å². The molecule has 138 valence electrons. The topological polar surface area (TPSA) is 99.6 Å². The first kappa shape index (κ1) is 18.1. The Balaban J connectivity index is 1.51. The number of hydrogen-bond acceptors (Lipinski definition) is 4. The molecule has 2 N–H and O–H groups in total. The number of carboxylic acid groups (broad SMARTS) is 1. The quantitative estimate of drug-likeness (QED) is 0.612. The number of allylic oxidation sites excluding steroid dienone is 2. The number of aromatic nitrogens is 1. The van der Waals surface area contributed by atoms with Gasteiger partial charge >= 0.3 is 5.97 Å². The van der Waals surface area contributed by atoms with Gasteiger partial charge in [0.25, 0.3) is 0 Å². The minimum absolute atomic E-state index is 0.0311. The third-order valence-electron chi connectivity index (χ3n) is 5.26. The standard InChI is InChI=1S/C19H23N3O4/c23-16(21-13-14-4-3-9-20-12-14)15-5-10-22(11-6-15)17(24)19(18(25)26)7-1-2-8-19/h1-4,9,12,15H,5-8,10-11,13H2,(H,21,23)(H,25,26). The molecule has 0 radical (unpaired) electrons. The maximum Gasteiger partial charge on any atom is 0.319 e. The van der Waals surface area contributed by atoms with Gasteiger partial charge < -0.3 is 15.3 Å². The van der Waals surface area contributed by atoms with Crippen LogP contribution in [-0.4, -0.2) is 45.9 Å². The molecule has 26 heavy (non-hydrogen) atoms. The second-order valence-electron chi connectivity index (χ2n) is 6.91. The Bertz CT molecular complexity index is 701. The highest BCUT2D eigenvalue weighted by Crippen LogP contribution is 2.36. The summed E-state index contributed by atoms with van der Waals surface area (Å²) >= 11 is 0. The molecule has 2 aliphatic rings. The first-order valence-corrected chi connectivity index (χ1v) is 8.87. The van der Waals surface area contributed by atoms with Crippen molar-refractivity contribution in [2.45, 2.75) is 32.2 Å². The summed E-state index contributed by atoms with van der Waals surface area (Å²) in [6, 6.07) is 3.72. The van der Waals surface area contributed by atoms with Crippen LogP contribution < -0.4 is 5.32 Å². The third-order valence-corrected chi connectivity index (χ3v) is 5.26. The van der Waals surface area contributed by atoms with Crippen LogP contribution in [0.4, 0.5) is 0 Å². The summed E-state index contributed by atoms with van der Waals surface area (Å²) in [5.74, 6) is -1.58. The van der Waals surface area contributed by atoms with Gasteiger partial charge in [0.1, 0.15) is 0 Å². The van der Waals surface area contributed by atoms with Gasteiger partial charge in [0.05, 0.1) is 0 Å². The van der Waals surface area contributed by atoms with Crippen molar-refractivity contribution in [2.24, 2.45) is 11.3 Å². The molecule has 3 rings (SSSR count). The summed E-state index contributed by atoms with van der Waals surface area (Å²) in [7, 11) is 0. The van der Waals surface area contributed by atoms with Gasteiger partial charge in [-0.25, -0.2) is 0 Å². The van der Waals surface area contributed by atoms with Crippen LogP contribution in [0.25, 0.3) is 0 Å². The molecule has 0 unspecified atom stereocenters. The molecule has 1 fully saturated rings. The number of piperidine rings is 1. The van der Waals surface area contributed by atoms with Gasteiger partial charge in [-0.3, -0.25) is 19.4 Å². The number of carbonyl (C=O) groups excluding carboxylic acids is 2. The molecule has 0 bridgehead atoms. The summed E-state index contributed by atoms with van der Waals surface area (Å²) in [4.78, 5) is 42.3. The molecule has 0 saturated carbocycles. The number of amides is 2. The normalized spacial score (nSPS) is 19.3. The van der Waals surface area contributed by atoms with E-state index in [2.05, 4.69) is 10.3 Å². The predicted octanol–water partition coefficient (Wildman–Crippen LogP) is 1.36. The summed E-state index contributed by atoms with van der Waals surface area (Å²) < 4.78 is 0. The fraction of sp³-hybridized carbons (Fsp3) is 0.474. The molecule has 0 spiro atoms. The summed E-state index contributed by atoms with van der Waals surface area (Å²) in [5.41, 5.74) is -0.416. The fourth-order valence-corrected chi connectivity index (χ4v) is 3.58. The van der Waals surface area contributed by atoms with E-state index in [4.69, 9.17) is 0 Å². The van der Waals surface area contributed by atoms with Crippen LogP contribution >= 0.6 is 0 Å². The number of carboxylic acids is 1. The Labute approximate surface area is 152 Å². The Kier molecular flexibility index (Phi) is 5.35. The lowest BCUT2D eigenvalue weighted by Crippen LogP contribution is -2.51. The summed E-state index contributed by atoms with van der Waals surface area (Å²) in [5, 5.41) is 12.4. The van der Waals surface area contributed by atoms with E-state index < -0.39 is 11.4 Å². The zero-order chi connectivity index (χ0) is 18.6. The lowest BCUT2D eigenvalue weighted by molar-refractivity contribution is -0.161. The molecule has 0 aromatic carbocycles. The van der Waals surface area contributed by atoms with Crippen LogP contribution in [0.15, 0.2) is 36.7 Å². The van der Waals surface area contributed by atoms with E-state index in [1.165, 1.54) is 0 Å². The van der Waals surface area contributed by atoms with Gasteiger partial charge in [-0.2, -0.15) is 0 Å². The van der Waals surface area contributed by atoms with E-state index in [0.29, 0.717) is 32.5 Å². The predicted molar refractivity (Wildman–Crippen MR) is 93.8 cm³/mol. The lowest BCUT2D eigenvalue weighted by Gasteiger charge is -2.36. The fourth-order valence-electron chi connectivity index (χ4n) is 3.58. The number of aliphatic carboxylic acids is 1. The smallest absolute Gasteiger partial charge is 0.319 e. The molecule has 7 heteroatoms. The minimum atomic E-state index is -1.35. The van der Waals surface area contributed by atoms with Gasteiger partial charge in [0, 0.05) is 37.9 Å². The maximum atomic E-state index is 12.7. The summed E-state index contributed by atoms with van der Waals surface area (Å²) in [6.45, 7) is 1.26. The second kappa shape index (κ2) is 7.68. The Morgan fingerprint density at radius 1 is 1.23 bits per heavy atom. The van der Waals surface area contributed by atoms with Crippen molar-refractivity contribution >= 4 is 17.8 Å². The summed E-state index contributed by atoms with van der Waals surface area (Å²) in [6.07, 6.45) is 8.49. The van der Waals surface area contributed by atoms with Crippen molar-refractivity contribution in [3.05, 3.63) is 42.2 Å². The van der Waals surface area contributed by atoms with Crippen molar-refractivity contribution in [2.75, 3.05) is 13.1 Å². The number of rotatable bonds is 5. The first-order valence-electron chi connectivity index (χ1n) is 8.87. The molecule has 1 aromatic rings. The number of carbonyl (C=O) groups is 3. The van der Waals surface area contributed by atoms with Gasteiger partial charge in [-0.1, -0.05) is 18.2 Å². The lowest BCUT2D eigenvalue weighted by atomic mass is 9.82. The van der Waals surface area contributed by atoms with Gasteiger partial charge in [-0.05, 0) is 37.3 Å². The molecule has 0 atom stereocenters. The van der Waals surface area contributed by atoms with E-state index in [1.807, 2.05) is 12.1 Å². The maximum absolute atomic E-state index is 12.7. The minimum Gasteiger partial charge on any atom is -0.480 e. The molecule has 1 saturated heterocycles. The van der Waals surface area contributed by atoms with Crippen LogP contribution in [0.3, 0.4) is 0 Å². The van der Waals surface area contributed by atoms with Crippen LogP contribution in [0.5, 0.6) is 0 Å². The highest BCUT2D eigenvalue weighted by atomic mass is 16.4. The number of nitrogens with zero attached hydrogens (tertiary/aromatic N) is 2. The number of pyridine rings is 1. The molecular weight excluding hydrogens is 334 g/mol. The first-order chi connectivity index (χ1) is 12.5. The Hall–Kier alpha value is -2.70. The average molecular weight is 357 g/mol. The van der Waals surface area contributed by atoms with Crippen LogP contribution in [0.1, 0.15) is 31.2 Å². The van der Waals surface area contributed by atoms with Crippen molar-refractivity contribution in [1.82, 2.24) is 15.2 Å². The highest BCUT2D eigenvalue weighted by molar-refractivity contribution is 6.02. The molecule has 1 aliphatic carbocycles. The third kappa shape index (κ3) is 3.61. The Morgan fingerprint density at radius 2 is 1.92 bits per heavy atom. The van der Waals surface area contributed by atoms with E-state index in [-0.39, 0.29) is 30.6 Å². The highest BCUT2D eigenvalue weighted by Gasteiger charge is 2.49. The molecule has 2 amide bonds. The zero-order valence-electron chi connectivity index (χ0n) is 14.6. The van der Waals surface area contributed by atoms with E-state index in [9.17, 15) is 19.5 Å².